The molecule has 1 aromatic rings. The molecule has 0 radical (unpaired) electrons. The third-order valence-electron chi connectivity index (χ3n) is 4.80. The van der Waals surface area contributed by atoms with Crippen molar-refractivity contribution in [3.63, 3.8) is 0 Å². The van der Waals surface area contributed by atoms with Gasteiger partial charge in [-0.2, -0.15) is 0 Å². The Morgan fingerprint density at radius 2 is 1.86 bits per heavy atom. The highest BCUT2D eigenvalue weighted by molar-refractivity contribution is 7.89. The fraction of sp³-hybridized carbons (Fsp3) is 0.625. The molecule has 2 aliphatic carbocycles. The molecule has 1 atom stereocenters. The maximum Gasteiger partial charge on any atom is 0.238 e. The molecular formula is C16H24N2O2S. The lowest BCUT2D eigenvalue weighted by molar-refractivity contribution is 0.362. The van der Waals surface area contributed by atoms with Gasteiger partial charge in [0.1, 0.15) is 0 Å². The average molecular weight is 308 g/mol. The Labute approximate surface area is 127 Å². The van der Waals surface area contributed by atoms with Crippen LogP contribution in [-0.2, 0) is 10.0 Å². The largest absolute Gasteiger partial charge is 0.310 e. The van der Waals surface area contributed by atoms with Gasteiger partial charge in [-0.15, -0.1) is 0 Å². The standard InChI is InChI=1S/C16H24N2O2S/c1-11(14-3-2-4-15(9-14)21(17,19)20)18-10-16(12-5-6-12)13-7-8-13/h2-4,9,11-13,16,18H,5-8,10H2,1H3,(H2,17,19,20). The Hall–Kier alpha value is -0.910. The smallest absolute Gasteiger partial charge is 0.238 e. The Morgan fingerprint density at radius 1 is 1.24 bits per heavy atom. The second-order valence-electron chi connectivity index (χ2n) is 6.59. The fourth-order valence-corrected chi connectivity index (χ4v) is 3.73. The van der Waals surface area contributed by atoms with E-state index in [2.05, 4.69) is 12.2 Å². The van der Waals surface area contributed by atoms with Crippen LogP contribution in [0.1, 0.15) is 44.2 Å². The summed E-state index contributed by atoms with van der Waals surface area (Å²) in [7, 11) is -3.62. The van der Waals surface area contributed by atoms with Crippen LogP contribution in [0.15, 0.2) is 29.2 Å². The summed E-state index contributed by atoms with van der Waals surface area (Å²) in [4.78, 5) is 0.189. The van der Waals surface area contributed by atoms with Crippen molar-refractivity contribution in [2.45, 2.75) is 43.5 Å². The molecule has 3 rings (SSSR count). The normalized spacial score (nSPS) is 20.7. The summed E-state index contributed by atoms with van der Waals surface area (Å²) in [6, 6.07) is 7.08. The SMILES string of the molecule is CC(NCC(C1CC1)C1CC1)c1cccc(S(N)(=O)=O)c1. The number of hydrogen-bond acceptors (Lipinski definition) is 3. The molecule has 21 heavy (non-hydrogen) atoms. The van der Waals surface area contributed by atoms with Crippen molar-refractivity contribution < 1.29 is 8.42 Å². The van der Waals surface area contributed by atoms with Gasteiger partial charge in [0.2, 0.25) is 10.0 Å². The summed E-state index contributed by atoms with van der Waals surface area (Å²) in [6.45, 7) is 3.12. The minimum Gasteiger partial charge on any atom is -0.310 e. The third-order valence-corrected chi connectivity index (χ3v) is 5.71. The van der Waals surface area contributed by atoms with Crippen molar-refractivity contribution in [2.24, 2.45) is 22.9 Å². The third kappa shape index (κ3) is 3.84. The quantitative estimate of drug-likeness (QED) is 0.812. The summed E-state index contributed by atoms with van der Waals surface area (Å²) < 4.78 is 22.9. The van der Waals surface area contributed by atoms with E-state index in [1.807, 2.05) is 6.07 Å². The van der Waals surface area contributed by atoms with Crippen LogP contribution in [0, 0.1) is 17.8 Å². The maximum atomic E-state index is 11.4. The van der Waals surface area contributed by atoms with Gasteiger partial charge in [-0.05, 0) is 74.6 Å². The highest BCUT2D eigenvalue weighted by Crippen LogP contribution is 2.48. The van der Waals surface area contributed by atoms with Crippen molar-refractivity contribution in [3.8, 4) is 0 Å². The Kier molecular flexibility index (Phi) is 4.08. The van der Waals surface area contributed by atoms with Crippen molar-refractivity contribution in [1.82, 2.24) is 5.32 Å². The van der Waals surface area contributed by atoms with Crippen molar-refractivity contribution in [3.05, 3.63) is 29.8 Å². The van der Waals surface area contributed by atoms with E-state index in [1.54, 1.807) is 18.2 Å². The topological polar surface area (TPSA) is 72.2 Å². The lowest BCUT2D eigenvalue weighted by atomic mass is 9.97. The van der Waals surface area contributed by atoms with E-state index in [9.17, 15) is 8.42 Å². The van der Waals surface area contributed by atoms with Crippen LogP contribution in [0.4, 0.5) is 0 Å². The van der Waals surface area contributed by atoms with Gasteiger partial charge in [-0.25, -0.2) is 13.6 Å². The minimum absolute atomic E-state index is 0.145. The van der Waals surface area contributed by atoms with Gasteiger partial charge in [-0.1, -0.05) is 12.1 Å². The summed E-state index contributed by atoms with van der Waals surface area (Å²) in [5.41, 5.74) is 0.979. The number of primary sulfonamides is 1. The Balaban J connectivity index is 1.63. The predicted octanol–water partition coefficient (Wildman–Crippen LogP) is 2.42. The first-order valence-electron chi connectivity index (χ1n) is 7.81. The summed E-state index contributed by atoms with van der Waals surface area (Å²) in [6.07, 6.45) is 5.55. The van der Waals surface area contributed by atoms with Gasteiger partial charge in [0.25, 0.3) is 0 Å². The highest BCUT2D eigenvalue weighted by Gasteiger charge is 2.41. The molecule has 2 fully saturated rings. The van der Waals surface area contributed by atoms with Gasteiger partial charge in [-0.3, -0.25) is 0 Å². The second-order valence-corrected chi connectivity index (χ2v) is 8.15. The van der Waals surface area contributed by atoms with Crippen LogP contribution >= 0.6 is 0 Å². The summed E-state index contributed by atoms with van der Waals surface area (Å²) in [5, 5.41) is 8.78. The molecule has 2 aliphatic rings. The van der Waals surface area contributed by atoms with E-state index in [0.717, 1.165) is 29.9 Å². The molecule has 0 spiro atoms. The molecule has 0 aromatic heterocycles. The monoisotopic (exact) mass is 308 g/mol. The molecule has 2 saturated carbocycles. The lowest BCUT2D eigenvalue weighted by Gasteiger charge is -2.21. The van der Waals surface area contributed by atoms with Crippen LogP contribution in [-0.4, -0.2) is 15.0 Å². The van der Waals surface area contributed by atoms with E-state index in [0.29, 0.717) is 0 Å². The van der Waals surface area contributed by atoms with E-state index >= 15 is 0 Å². The maximum absolute atomic E-state index is 11.4. The van der Waals surface area contributed by atoms with Crippen LogP contribution in [0.2, 0.25) is 0 Å². The van der Waals surface area contributed by atoms with Crippen molar-refractivity contribution in [1.29, 1.82) is 0 Å². The number of benzene rings is 1. The fourth-order valence-electron chi connectivity index (χ4n) is 3.16. The molecule has 1 unspecified atom stereocenters. The average Bonchev–Trinajstić information content (AvgIpc) is 3.31. The molecule has 3 N–H and O–H groups in total. The van der Waals surface area contributed by atoms with Gasteiger partial charge in [0, 0.05) is 6.04 Å². The zero-order valence-electron chi connectivity index (χ0n) is 12.5. The van der Waals surface area contributed by atoms with Gasteiger partial charge < -0.3 is 5.32 Å². The van der Waals surface area contributed by atoms with Crippen LogP contribution < -0.4 is 10.5 Å². The first-order valence-corrected chi connectivity index (χ1v) is 9.36. The van der Waals surface area contributed by atoms with E-state index < -0.39 is 10.0 Å². The summed E-state index contributed by atoms with van der Waals surface area (Å²) >= 11 is 0. The Morgan fingerprint density at radius 3 is 2.38 bits per heavy atom. The van der Waals surface area contributed by atoms with Crippen LogP contribution in [0.3, 0.4) is 0 Å². The second kappa shape index (κ2) is 5.71. The minimum atomic E-state index is -3.62. The number of hydrogen-bond donors (Lipinski definition) is 2. The first kappa shape index (κ1) is 15.0. The van der Waals surface area contributed by atoms with Crippen LogP contribution in [0.25, 0.3) is 0 Å². The molecule has 0 saturated heterocycles. The zero-order chi connectivity index (χ0) is 15.0. The molecule has 0 amide bonds. The van der Waals surface area contributed by atoms with Gasteiger partial charge in [0.15, 0.2) is 0 Å². The molecule has 0 bridgehead atoms. The molecule has 0 aliphatic heterocycles. The lowest BCUT2D eigenvalue weighted by Crippen LogP contribution is -2.28. The van der Waals surface area contributed by atoms with Crippen molar-refractivity contribution in [2.75, 3.05) is 6.54 Å². The zero-order valence-corrected chi connectivity index (χ0v) is 13.3. The van der Waals surface area contributed by atoms with Gasteiger partial charge in [0.05, 0.1) is 4.90 Å². The number of nitrogens with two attached hydrogens (primary N) is 1. The van der Waals surface area contributed by atoms with E-state index in [1.165, 1.54) is 25.7 Å². The summed E-state index contributed by atoms with van der Waals surface area (Å²) in [5.74, 6) is 2.66. The molecule has 5 heteroatoms. The molecule has 4 nitrogen and oxygen atoms in total. The molecule has 1 aromatic carbocycles. The first-order chi connectivity index (χ1) is 9.95. The predicted molar refractivity (Wildman–Crippen MR) is 83.2 cm³/mol. The van der Waals surface area contributed by atoms with Crippen molar-refractivity contribution >= 4 is 10.0 Å². The number of nitrogens with one attached hydrogen (secondary N) is 1. The van der Waals surface area contributed by atoms with Gasteiger partial charge >= 0.3 is 0 Å². The molecule has 116 valence electrons. The van der Waals surface area contributed by atoms with E-state index in [-0.39, 0.29) is 10.9 Å². The van der Waals surface area contributed by atoms with E-state index in [4.69, 9.17) is 5.14 Å². The number of rotatable bonds is 7. The highest BCUT2D eigenvalue weighted by atomic mass is 32.2. The molecule has 0 heterocycles. The Bertz CT molecular complexity index is 594. The number of sulfonamides is 1. The van der Waals surface area contributed by atoms with Crippen LogP contribution in [0.5, 0.6) is 0 Å². The molecular weight excluding hydrogens is 284 g/mol.